The highest BCUT2D eigenvalue weighted by Crippen LogP contribution is 2.24. The third-order valence-electron chi connectivity index (χ3n) is 8.84. The Labute approximate surface area is 358 Å². The molecule has 6 aromatic rings. The number of aliphatic carboxylic acids is 2. The van der Waals surface area contributed by atoms with E-state index >= 15 is 0 Å². The molecular formula is C44H45ClN4O10S2. The number of aryl methyl sites for hydroxylation is 2. The van der Waals surface area contributed by atoms with Gasteiger partial charge in [0.15, 0.2) is 0 Å². The molecule has 14 nitrogen and oxygen atoms in total. The summed E-state index contributed by atoms with van der Waals surface area (Å²) in [5, 5.41) is 20.3. The van der Waals surface area contributed by atoms with Gasteiger partial charge in [0, 0.05) is 57.7 Å². The summed E-state index contributed by atoms with van der Waals surface area (Å²) in [4.78, 5) is 28.7. The molecule has 0 aliphatic carbocycles. The molecule has 2 aromatic heterocycles. The van der Waals surface area contributed by atoms with E-state index in [2.05, 4.69) is 38.4 Å². The van der Waals surface area contributed by atoms with Gasteiger partial charge in [0.05, 0.1) is 9.79 Å². The molecule has 0 spiro atoms. The van der Waals surface area contributed by atoms with E-state index in [1.54, 1.807) is 20.0 Å². The van der Waals surface area contributed by atoms with Gasteiger partial charge in [0.1, 0.15) is 36.8 Å². The van der Waals surface area contributed by atoms with E-state index in [-0.39, 0.29) is 29.4 Å². The molecule has 0 fully saturated rings. The number of aromatic nitrogens is 2. The summed E-state index contributed by atoms with van der Waals surface area (Å²) in [5.74, 6) is 9.66. The number of carboxylic acid groups (broad SMARTS) is 2. The first-order chi connectivity index (χ1) is 28.9. The highest BCUT2D eigenvalue weighted by atomic mass is 35.7. The minimum Gasteiger partial charge on any atom is -0.481 e. The van der Waals surface area contributed by atoms with Gasteiger partial charge in [0.25, 0.3) is 9.05 Å². The van der Waals surface area contributed by atoms with Crippen LogP contribution in [0.1, 0.15) is 36.1 Å². The van der Waals surface area contributed by atoms with Gasteiger partial charge in [0.2, 0.25) is 10.0 Å². The van der Waals surface area contributed by atoms with E-state index in [0.717, 1.165) is 44.1 Å². The van der Waals surface area contributed by atoms with Crippen LogP contribution < -0.4 is 19.9 Å². The van der Waals surface area contributed by atoms with Crippen LogP contribution in [0.2, 0.25) is 0 Å². The topological polar surface area (TPSA) is 231 Å². The van der Waals surface area contributed by atoms with Crippen molar-refractivity contribution in [3.05, 3.63) is 120 Å². The molecule has 17 heteroatoms. The highest BCUT2D eigenvalue weighted by molar-refractivity contribution is 8.13. The average molecular weight is 889 g/mol. The summed E-state index contributed by atoms with van der Waals surface area (Å²) < 4.78 is 60.1. The molecule has 0 aliphatic rings. The third-order valence-corrected chi connectivity index (χ3v) is 11.7. The highest BCUT2D eigenvalue weighted by Gasteiger charge is 2.27. The number of nitrogens with two attached hydrogens (primary N) is 1. The maximum absolute atomic E-state index is 12.7. The minimum absolute atomic E-state index is 0.00883. The molecule has 61 heavy (non-hydrogen) atoms. The molecule has 7 N–H and O–H groups in total. The summed E-state index contributed by atoms with van der Waals surface area (Å²) in [6.07, 6.45) is 3.89. The molecule has 4 aromatic carbocycles. The lowest BCUT2D eigenvalue weighted by Crippen LogP contribution is -2.42. The van der Waals surface area contributed by atoms with Crippen LogP contribution in [0.3, 0.4) is 0 Å². The van der Waals surface area contributed by atoms with Gasteiger partial charge in [-0.05, 0) is 112 Å². The number of carbonyl (C=O) groups is 2. The van der Waals surface area contributed by atoms with E-state index in [9.17, 15) is 31.5 Å². The molecule has 6 rings (SSSR count). The van der Waals surface area contributed by atoms with Gasteiger partial charge in [-0.3, -0.25) is 9.59 Å². The van der Waals surface area contributed by atoms with Crippen molar-refractivity contribution in [1.82, 2.24) is 14.7 Å². The zero-order valence-electron chi connectivity index (χ0n) is 33.7. The summed E-state index contributed by atoms with van der Waals surface area (Å²) in [6.45, 7) is 7.84. The van der Waals surface area contributed by atoms with Crippen molar-refractivity contribution in [2.24, 2.45) is 5.73 Å². The Morgan fingerprint density at radius 1 is 0.705 bits per heavy atom. The van der Waals surface area contributed by atoms with Crippen molar-refractivity contribution in [3.8, 4) is 35.2 Å². The van der Waals surface area contributed by atoms with Crippen LogP contribution in [0.5, 0.6) is 11.5 Å². The van der Waals surface area contributed by atoms with Crippen LogP contribution in [0, 0.1) is 37.5 Å². The number of fused-ring (bicyclic) bond motifs is 2. The largest absolute Gasteiger partial charge is 0.481 e. The SMILES string of the molecule is CC#CCOc1ccc(S(=O)(=O)Cl)cc1.CC#CCOc1ccc(S(=O)(=O)NC(Cc2c[nH]c3ccc(C)cc23)C(=O)O)cc1.Cc1ccc2[nH]cc(CC(N)C(=O)O)c2c1. The van der Waals surface area contributed by atoms with Crippen LogP contribution in [0.25, 0.3) is 21.8 Å². The zero-order valence-corrected chi connectivity index (χ0v) is 36.0. The Hall–Kier alpha value is -6.27. The lowest BCUT2D eigenvalue weighted by Gasteiger charge is -2.15. The van der Waals surface area contributed by atoms with Crippen molar-refractivity contribution >= 4 is 63.5 Å². The van der Waals surface area contributed by atoms with Gasteiger partial charge in [-0.2, -0.15) is 4.72 Å². The molecule has 320 valence electrons. The van der Waals surface area contributed by atoms with Crippen LogP contribution in [0.15, 0.2) is 107 Å². The zero-order chi connectivity index (χ0) is 44.7. The van der Waals surface area contributed by atoms with Crippen molar-refractivity contribution in [2.45, 2.75) is 62.4 Å². The summed E-state index contributed by atoms with van der Waals surface area (Å²) in [7, 11) is -2.54. The summed E-state index contributed by atoms with van der Waals surface area (Å²) in [5.41, 5.74) is 11.3. The number of nitrogens with one attached hydrogen (secondary N) is 3. The number of ether oxygens (including phenoxy) is 2. The molecule has 2 atom stereocenters. The van der Waals surface area contributed by atoms with Gasteiger partial charge < -0.3 is 35.4 Å². The normalized spacial score (nSPS) is 11.9. The molecule has 2 unspecified atom stereocenters. The number of benzene rings is 4. The minimum atomic E-state index is -4.04. The first-order valence-electron chi connectivity index (χ1n) is 18.5. The smallest absolute Gasteiger partial charge is 0.322 e. The Kier molecular flexibility index (Phi) is 17.0. The van der Waals surface area contributed by atoms with Gasteiger partial charge in [-0.1, -0.05) is 35.1 Å². The fourth-order valence-corrected chi connectivity index (χ4v) is 7.66. The summed E-state index contributed by atoms with van der Waals surface area (Å²) >= 11 is 0. The van der Waals surface area contributed by atoms with Crippen LogP contribution in [0.4, 0.5) is 0 Å². The number of aromatic amines is 2. The monoisotopic (exact) mass is 888 g/mol. The van der Waals surface area contributed by atoms with Crippen LogP contribution >= 0.6 is 10.7 Å². The van der Waals surface area contributed by atoms with Crippen molar-refractivity contribution in [3.63, 3.8) is 0 Å². The number of halogens is 1. The maximum Gasteiger partial charge on any atom is 0.322 e. The quantitative estimate of drug-likeness (QED) is 0.0525. The van der Waals surface area contributed by atoms with Crippen LogP contribution in [-0.4, -0.2) is 74.3 Å². The molecule has 0 bridgehead atoms. The predicted octanol–water partition coefficient (Wildman–Crippen LogP) is 6.30. The summed E-state index contributed by atoms with van der Waals surface area (Å²) in [6, 6.07) is 21.3. The number of hydrogen-bond acceptors (Lipinski definition) is 9. The van der Waals surface area contributed by atoms with E-state index in [4.69, 9.17) is 31.0 Å². The number of sulfonamides is 1. The first-order valence-corrected chi connectivity index (χ1v) is 22.3. The Morgan fingerprint density at radius 3 is 1.56 bits per heavy atom. The lowest BCUT2D eigenvalue weighted by atomic mass is 10.0. The van der Waals surface area contributed by atoms with Gasteiger partial charge in [-0.15, -0.1) is 11.8 Å². The average Bonchev–Trinajstić information content (AvgIpc) is 3.80. The van der Waals surface area contributed by atoms with E-state index in [1.165, 1.54) is 48.5 Å². The van der Waals surface area contributed by atoms with Crippen molar-refractivity contribution in [2.75, 3.05) is 13.2 Å². The Balaban J connectivity index is 0.000000222. The fraction of sp³-hybridized carbons (Fsp3) is 0.227. The lowest BCUT2D eigenvalue weighted by molar-refractivity contribution is -0.139. The third kappa shape index (κ3) is 14.2. The van der Waals surface area contributed by atoms with Crippen molar-refractivity contribution in [1.29, 1.82) is 0 Å². The standard InChI is InChI=1S/C22H22N2O5S.C12H14N2O2.C10H9ClO3S/c1-3-4-11-29-17-6-8-18(9-7-17)30(27,28)24-21(22(25)26)13-16-14-23-20-10-5-15(2)12-19(16)20;1-7-2-3-11-9(4-7)8(6-14-11)5-10(13)12(15)16;1-2-3-8-14-9-4-6-10(7-5-9)15(11,12)13/h5-10,12,14,21,23-24H,11,13H2,1-2H3,(H,25,26);2-4,6,10,14H,5,13H2,1H3,(H,15,16);4-7H,8H2,1H3. The first kappa shape index (κ1) is 47.4. The molecule has 0 radical (unpaired) electrons. The molecular weight excluding hydrogens is 844 g/mol. The molecule has 2 heterocycles. The number of carboxylic acids is 2. The molecule has 0 saturated carbocycles. The number of H-pyrrole nitrogens is 2. The second kappa shape index (κ2) is 21.8. The van der Waals surface area contributed by atoms with E-state index in [1.807, 2.05) is 56.4 Å². The van der Waals surface area contributed by atoms with Crippen molar-refractivity contribution < 1.29 is 46.1 Å². The Morgan fingerprint density at radius 2 is 1.15 bits per heavy atom. The van der Waals surface area contributed by atoms with E-state index in [0.29, 0.717) is 17.9 Å². The molecule has 0 aliphatic heterocycles. The molecule has 0 amide bonds. The fourth-order valence-electron chi connectivity index (χ4n) is 5.70. The van der Waals surface area contributed by atoms with Crippen LogP contribution in [-0.2, 0) is 41.5 Å². The van der Waals surface area contributed by atoms with Gasteiger partial charge >= 0.3 is 11.9 Å². The maximum atomic E-state index is 12.7. The van der Waals surface area contributed by atoms with Gasteiger partial charge in [-0.25, -0.2) is 16.8 Å². The molecule has 0 saturated heterocycles. The number of rotatable bonds is 14. The second-order valence-electron chi connectivity index (χ2n) is 13.4. The number of hydrogen-bond donors (Lipinski definition) is 6. The second-order valence-corrected chi connectivity index (χ2v) is 17.7. The Bertz CT molecular complexity index is 2820. The van der Waals surface area contributed by atoms with E-state index < -0.39 is 43.1 Å². The predicted molar refractivity (Wildman–Crippen MR) is 235 cm³/mol.